The normalized spacial score (nSPS) is 10.9. The molecular formula is C23H19N3O4. The fourth-order valence-electron chi connectivity index (χ4n) is 3.35. The van der Waals surface area contributed by atoms with Gasteiger partial charge in [-0.2, -0.15) is 0 Å². The number of hydrogen-bond donors (Lipinski definition) is 1. The van der Waals surface area contributed by atoms with Gasteiger partial charge in [-0.15, -0.1) is 0 Å². The van der Waals surface area contributed by atoms with Crippen LogP contribution in [0.25, 0.3) is 22.6 Å². The molecule has 4 rings (SSSR count). The van der Waals surface area contributed by atoms with E-state index in [0.29, 0.717) is 17.1 Å². The Morgan fingerprint density at radius 1 is 1.00 bits per heavy atom. The molecule has 150 valence electrons. The van der Waals surface area contributed by atoms with Crippen molar-refractivity contribution in [3.05, 3.63) is 87.0 Å². The summed E-state index contributed by atoms with van der Waals surface area (Å²) < 4.78 is 5.91. The van der Waals surface area contributed by atoms with Crippen LogP contribution >= 0.6 is 0 Å². The Morgan fingerprint density at radius 2 is 1.73 bits per heavy atom. The maximum atomic E-state index is 12.5. The van der Waals surface area contributed by atoms with E-state index in [4.69, 9.17) is 4.42 Å². The summed E-state index contributed by atoms with van der Waals surface area (Å²) in [5.41, 5.74) is 5.71. The van der Waals surface area contributed by atoms with Crippen LogP contribution < -0.4 is 5.32 Å². The maximum Gasteiger partial charge on any atom is 0.273 e. The predicted octanol–water partition coefficient (Wildman–Crippen LogP) is 5.58. The van der Waals surface area contributed by atoms with E-state index >= 15 is 0 Å². The number of aryl methyl sites for hydroxylation is 3. The number of nitrogens with one attached hydrogen (secondary N) is 1. The van der Waals surface area contributed by atoms with Crippen molar-refractivity contribution in [2.24, 2.45) is 0 Å². The van der Waals surface area contributed by atoms with Crippen molar-refractivity contribution < 1.29 is 14.1 Å². The topological polar surface area (TPSA) is 98.3 Å². The molecule has 0 radical (unpaired) electrons. The fraction of sp³-hybridized carbons (Fsp3) is 0.130. The second-order valence-electron chi connectivity index (χ2n) is 7.24. The van der Waals surface area contributed by atoms with Gasteiger partial charge in [-0.1, -0.05) is 12.1 Å². The summed E-state index contributed by atoms with van der Waals surface area (Å²) >= 11 is 0. The first-order chi connectivity index (χ1) is 14.3. The van der Waals surface area contributed by atoms with Crippen molar-refractivity contribution >= 4 is 28.4 Å². The van der Waals surface area contributed by atoms with Gasteiger partial charge < -0.3 is 9.73 Å². The van der Waals surface area contributed by atoms with Gasteiger partial charge in [0.15, 0.2) is 5.58 Å². The molecule has 0 fully saturated rings. The monoisotopic (exact) mass is 401 g/mol. The van der Waals surface area contributed by atoms with Crippen molar-refractivity contribution in [3.8, 4) is 11.5 Å². The minimum Gasteiger partial charge on any atom is -0.436 e. The summed E-state index contributed by atoms with van der Waals surface area (Å²) in [6.45, 7) is 5.63. The van der Waals surface area contributed by atoms with Crippen LogP contribution in [-0.4, -0.2) is 15.8 Å². The van der Waals surface area contributed by atoms with Crippen LogP contribution in [0, 0.1) is 30.9 Å². The first-order valence-electron chi connectivity index (χ1n) is 9.36. The highest BCUT2D eigenvalue weighted by atomic mass is 16.6. The molecule has 7 nitrogen and oxygen atoms in total. The summed E-state index contributed by atoms with van der Waals surface area (Å²) in [6, 6.07) is 15.5. The Labute approximate surface area is 172 Å². The zero-order valence-electron chi connectivity index (χ0n) is 16.7. The lowest BCUT2D eigenvalue weighted by atomic mass is 10.1. The first-order valence-corrected chi connectivity index (χ1v) is 9.36. The molecular weight excluding hydrogens is 382 g/mol. The summed E-state index contributed by atoms with van der Waals surface area (Å²) in [5, 5.41) is 13.8. The first kappa shape index (κ1) is 19.3. The molecule has 0 atom stereocenters. The third-order valence-electron chi connectivity index (χ3n) is 4.88. The molecule has 7 heteroatoms. The third kappa shape index (κ3) is 3.65. The number of fused-ring (bicyclic) bond motifs is 1. The van der Waals surface area contributed by atoms with Crippen LogP contribution in [0.5, 0.6) is 0 Å². The fourth-order valence-corrected chi connectivity index (χ4v) is 3.35. The molecule has 4 aromatic rings. The lowest BCUT2D eigenvalue weighted by Crippen LogP contribution is -2.12. The largest absolute Gasteiger partial charge is 0.436 e. The number of hydrogen-bond acceptors (Lipinski definition) is 5. The van der Waals surface area contributed by atoms with E-state index in [0.717, 1.165) is 27.8 Å². The van der Waals surface area contributed by atoms with Crippen molar-refractivity contribution in [2.75, 3.05) is 5.32 Å². The van der Waals surface area contributed by atoms with Crippen LogP contribution in [0.2, 0.25) is 0 Å². The van der Waals surface area contributed by atoms with Crippen LogP contribution in [0.3, 0.4) is 0 Å². The van der Waals surface area contributed by atoms with Gasteiger partial charge in [-0.05, 0) is 68.3 Å². The second kappa shape index (κ2) is 7.44. The van der Waals surface area contributed by atoms with Crippen molar-refractivity contribution in [1.82, 2.24) is 4.98 Å². The highest BCUT2D eigenvalue weighted by Crippen LogP contribution is 2.28. The van der Waals surface area contributed by atoms with Gasteiger partial charge in [0.25, 0.3) is 11.6 Å². The lowest BCUT2D eigenvalue weighted by molar-refractivity contribution is -0.385. The average Bonchev–Trinajstić information content (AvgIpc) is 3.13. The number of amides is 1. The van der Waals surface area contributed by atoms with E-state index < -0.39 is 10.8 Å². The minimum atomic E-state index is -0.496. The Morgan fingerprint density at radius 3 is 2.43 bits per heavy atom. The molecule has 0 saturated carbocycles. The van der Waals surface area contributed by atoms with Crippen molar-refractivity contribution in [2.45, 2.75) is 20.8 Å². The van der Waals surface area contributed by atoms with Gasteiger partial charge in [0.05, 0.1) is 4.92 Å². The number of nitro benzene ring substituents is 1. The molecule has 0 spiro atoms. The smallest absolute Gasteiger partial charge is 0.273 e. The van der Waals surface area contributed by atoms with E-state index in [9.17, 15) is 14.9 Å². The summed E-state index contributed by atoms with van der Waals surface area (Å²) in [7, 11) is 0. The number of oxazole rings is 1. The van der Waals surface area contributed by atoms with Crippen molar-refractivity contribution in [3.63, 3.8) is 0 Å². The molecule has 1 heterocycles. The zero-order chi connectivity index (χ0) is 21.4. The Kier molecular flexibility index (Phi) is 4.79. The molecule has 1 N–H and O–H groups in total. The highest BCUT2D eigenvalue weighted by molar-refractivity contribution is 6.04. The van der Waals surface area contributed by atoms with Gasteiger partial charge in [-0.3, -0.25) is 14.9 Å². The van der Waals surface area contributed by atoms with Gasteiger partial charge in [0.1, 0.15) is 5.52 Å². The van der Waals surface area contributed by atoms with Gasteiger partial charge in [0.2, 0.25) is 5.89 Å². The lowest BCUT2D eigenvalue weighted by Gasteiger charge is -2.06. The van der Waals surface area contributed by atoms with E-state index in [2.05, 4.69) is 10.3 Å². The van der Waals surface area contributed by atoms with E-state index in [-0.39, 0.29) is 11.3 Å². The Balaban J connectivity index is 1.56. The quantitative estimate of drug-likeness (QED) is 0.355. The Hall–Kier alpha value is -4.00. The van der Waals surface area contributed by atoms with Crippen LogP contribution in [0.15, 0.2) is 59.0 Å². The highest BCUT2D eigenvalue weighted by Gasteiger charge is 2.16. The number of aromatic nitrogens is 1. The number of nitro groups is 1. The van der Waals surface area contributed by atoms with Gasteiger partial charge in [0, 0.05) is 28.4 Å². The number of nitrogens with zero attached hydrogens (tertiary/aromatic N) is 2. The zero-order valence-corrected chi connectivity index (χ0v) is 16.7. The molecule has 1 amide bonds. The average molecular weight is 401 g/mol. The van der Waals surface area contributed by atoms with E-state index in [1.165, 1.54) is 6.07 Å². The molecule has 30 heavy (non-hydrogen) atoms. The molecule has 0 aliphatic heterocycles. The number of carbonyl (C=O) groups is 1. The second-order valence-corrected chi connectivity index (χ2v) is 7.24. The predicted molar refractivity (Wildman–Crippen MR) is 115 cm³/mol. The molecule has 0 unspecified atom stereocenters. The van der Waals surface area contributed by atoms with E-state index in [1.54, 1.807) is 43.3 Å². The minimum absolute atomic E-state index is 0.0838. The summed E-state index contributed by atoms with van der Waals surface area (Å²) in [6.07, 6.45) is 0. The number of benzene rings is 3. The number of carbonyl (C=O) groups excluding carboxylic acids is 1. The standard InChI is InChI=1S/C23H19N3O4/c1-13-10-15(3)21-19(11-13)25-23(30-21)16-6-8-18(9-7-16)24-22(27)17-5-4-14(2)20(12-17)26(28)29/h4-12H,1-3H3,(H,24,27). The SMILES string of the molecule is Cc1cc(C)c2oc(-c3ccc(NC(=O)c4ccc(C)c([N+](=O)[O-])c4)cc3)nc2c1. The molecule has 0 saturated heterocycles. The number of anilines is 1. The van der Waals surface area contributed by atoms with Crippen molar-refractivity contribution in [1.29, 1.82) is 0 Å². The molecule has 0 aliphatic rings. The van der Waals surface area contributed by atoms with Crippen LogP contribution in [0.1, 0.15) is 27.0 Å². The van der Waals surface area contributed by atoms with Gasteiger partial charge in [-0.25, -0.2) is 4.98 Å². The van der Waals surface area contributed by atoms with Crippen LogP contribution in [0.4, 0.5) is 11.4 Å². The molecule has 1 aromatic heterocycles. The third-order valence-corrected chi connectivity index (χ3v) is 4.88. The van der Waals surface area contributed by atoms with Crippen LogP contribution in [-0.2, 0) is 0 Å². The number of rotatable bonds is 4. The summed E-state index contributed by atoms with van der Waals surface area (Å²) in [4.78, 5) is 27.6. The maximum absolute atomic E-state index is 12.5. The molecule has 0 aliphatic carbocycles. The van der Waals surface area contributed by atoms with E-state index in [1.807, 2.05) is 26.0 Å². The van der Waals surface area contributed by atoms with Gasteiger partial charge >= 0.3 is 0 Å². The summed E-state index contributed by atoms with van der Waals surface area (Å²) in [5.74, 6) is 0.0875. The molecule has 3 aromatic carbocycles. The Bertz CT molecular complexity index is 1290. The molecule has 0 bridgehead atoms.